The largest absolute Gasteiger partial charge is 0.434 e. The van der Waals surface area contributed by atoms with Gasteiger partial charge in [-0.2, -0.15) is 19.0 Å². The van der Waals surface area contributed by atoms with Crippen LogP contribution in [-0.2, 0) is 7.05 Å². The Balaban J connectivity index is 1.50. The summed E-state index contributed by atoms with van der Waals surface area (Å²) >= 11 is 1.71. The molecule has 0 spiro atoms. The standard InChI is InChI=1S/C22H20F2N6O2S/c1-29-12-17(27-21(31)16-11-26-30-9-3-8-25-20(16)30)19(28-29)15-10-14(33-13-4-2-5-13)6-7-18(15)32-22(23)24/h3,6-13,22H,2,4-5H2,1H3,(H,27,31). The van der Waals surface area contributed by atoms with Gasteiger partial charge in [0.15, 0.2) is 5.65 Å². The van der Waals surface area contributed by atoms with Gasteiger partial charge in [-0.05, 0) is 37.1 Å². The van der Waals surface area contributed by atoms with Crippen LogP contribution in [0.2, 0.25) is 0 Å². The van der Waals surface area contributed by atoms with Crippen LogP contribution in [0.15, 0.2) is 53.9 Å². The Labute approximate surface area is 192 Å². The molecule has 1 amide bonds. The molecule has 1 aliphatic carbocycles. The first-order valence-corrected chi connectivity index (χ1v) is 11.2. The quantitative estimate of drug-likeness (QED) is 0.424. The number of fused-ring (bicyclic) bond motifs is 1. The predicted octanol–water partition coefficient (Wildman–Crippen LogP) is 4.63. The Bertz CT molecular complexity index is 1320. The fourth-order valence-electron chi connectivity index (χ4n) is 3.60. The van der Waals surface area contributed by atoms with Crippen LogP contribution in [0.1, 0.15) is 29.6 Å². The van der Waals surface area contributed by atoms with Gasteiger partial charge in [0.2, 0.25) is 0 Å². The van der Waals surface area contributed by atoms with Crippen LogP contribution in [0.4, 0.5) is 14.5 Å². The highest BCUT2D eigenvalue weighted by Crippen LogP contribution is 2.41. The van der Waals surface area contributed by atoms with Crippen LogP contribution in [0.5, 0.6) is 5.75 Å². The number of alkyl halides is 2. The first-order valence-electron chi connectivity index (χ1n) is 10.4. The summed E-state index contributed by atoms with van der Waals surface area (Å²) < 4.78 is 34.0. The summed E-state index contributed by atoms with van der Waals surface area (Å²) in [6.45, 7) is -2.99. The molecule has 1 aliphatic rings. The number of rotatable bonds is 7. The van der Waals surface area contributed by atoms with Gasteiger partial charge in [-0.25, -0.2) is 9.50 Å². The van der Waals surface area contributed by atoms with Gasteiger partial charge in [0.1, 0.15) is 17.0 Å². The van der Waals surface area contributed by atoms with Crippen molar-refractivity contribution in [1.82, 2.24) is 24.4 Å². The van der Waals surface area contributed by atoms with E-state index in [0.29, 0.717) is 27.8 Å². The SMILES string of the molecule is Cn1cc(NC(=O)c2cnn3cccnc23)c(-c2cc(SC3CCC3)ccc2OC(F)F)n1. The van der Waals surface area contributed by atoms with E-state index in [1.54, 1.807) is 55.6 Å². The summed E-state index contributed by atoms with van der Waals surface area (Å²) in [7, 11) is 1.69. The van der Waals surface area contributed by atoms with Gasteiger partial charge in [0.05, 0.1) is 11.9 Å². The Hall–Kier alpha value is -3.47. The van der Waals surface area contributed by atoms with E-state index in [1.165, 1.54) is 27.9 Å². The average molecular weight is 471 g/mol. The van der Waals surface area contributed by atoms with Crippen LogP contribution in [0.3, 0.4) is 0 Å². The lowest BCUT2D eigenvalue weighted by atomic mass is 10.00. The Morgan fingerprint density at radius 3 is 2.94 bits per heavy atom. The average Bonchev–Trinajstić information content (AvgIpc) is 3.34. The zero-order valence-corrected chi connectivity index (χ0v) is 18.4. The first kappa shape index (κ1) is 21.4. The van der Waals surface area contributed by atoms with Gasteiger partial charge in [-0.15, -0.1) is 11.8 Å². The highest BCUT2D eigenvalue weighted by molar-refractivity contribution is 8.00. The molecule has 0 radical (unpaired) electrons. The Morgan fingerprint density at radius 1 is 1.33 bits per heavy atom. The number of amides is 1. The molecule has 1 saturated carbocycles. The molecular weight excluding hydrogens is 450 g/mol. The van der Waals surface area contributed by atoms with Crippen molar-refractivity contribution in [1.29, 1.82) is 0 Å². The van der Waals surface area contributed by atoms with E-state index in [9.17, 15) is 13.6 Å². The summed E-state index contributed by atoms with van der Waals surface area (Å²) in [5.74, 6) is -0.441. The minimum absolute atomic E-state index is 0.00481. The van der Waals surface area contributed by atoms with Gasteiger partial charge in [0.25, 0.3) is 5.91 Å². The van der Waals surface area contributed by atoms with E-state index in [4.69, 9.17) is 4.74 Å². The second-order valence-corrected chi connectivity index (χ2v) is 9.05. The number of halogens is 2. The summed E-state index contributed by atoms with van der Waals surface area (Å²) in [6.07, 6.45) is 9.77. The summed E-state index contributed by atoms with van der Waals surface area (Å²) in [5, 5.41) is 11.9. The highest BCUT2D eigenvalue weighted by Gasteiger charge is 2.23. The van der Waals surface area contributed by atoms with Gasteiger partial charge < -0.3 is 10.1 Å². The molecule has 3 aromatic heterocycles. The van der Waals surface area contributed by atoms with Crippen molar-refractivity contribution < 1.29 is 18.3 Å². The minimum atomic E-state index is -2.99. The Kier molecular flexibility index (Phi) is 5.71. The van der Waals surface area contributed by atoms with E-state index in [1.807, 2.05) is 0 Å². The van der Waals surface area contributed by atoms with Crippen LogP contribution in [-0.4, -0.2) is 42.1 Å². The van der Waals surface area contributed by atoms with E-state index >= 15 is 0 Å². The van der Waals surface area contributed by atoms with Gasteiger partial charge >= 0.3 is 6.61 Å². The molecule has 170 valence electrons. The van der Waals surface area contributed by atoms with Crippen LogP contribution >= 0.6 is 11.8 Å². The molecule has 11 heteroatoms. The number of hydrogen-bond donors (Lipinski definition) is 1. The topological polar surface area (TPSA) is 86.3 Å². The third kappa shape index (κ3) is 4.40. The van der Waals surface area contributed by atoms with E-state index in [-0.39, 0.29) is 11.3 Å². The number of carbonyl (C=O) groups is 1. The summed E-state index contributed by atoms with van der Waals surface area (Å²) in [6, 6.07) is 6.80. The molecule has 0 atom stereocenters. The van der Waals surface area contributed by atoms with Gasteiger partial charge in [-0.3, -0.25) is 9.48 Å². The number of thioether (sulfide) groups is 1. The number of nitrogens with one attached hydrogen (secondary N) is 1. The molecule has 0 aliphatic heterocycles. The lowest BCUT2D eigenvalue weighted by molar-refractivity contribution is -0.0494. The maximum absolute atomic E-state index is 13.1. The molecule has 1 aromatic carbocycles. The second kappa shape index (κ2) is 8.81. The van der Waals surface area contributed by atoms with Crippen molar-refractivity contribution in [3.05, 3.63) is 54.6 Å². The normalized spacial score (nSPS) is 13.9. The third-order valence-corrected chi connectivity index (χ3v) is 6.71. The number of hydrogen-bond acceptors (Lipinski definition) is 6. The molecule has 1 N–H and O–H groups in total. The van der Waals surface area contributed by atoms with Crippen LogP contribution < -0.4 is 10.1 Å². The molecule has 0 unspecified atom stereocenters. The molecule has 3 heterocycles. The van der Waals surface area contributed by atoms with Crippen molar-refractivity contribution in [3.63, 3.8) is 0 Å². The van der Waals surface area contributed by atoms with Crippen molar-refractivity contribution in [3.8, 4) is 17.0 Å². The van der Waals surface area contributed by atoms with E-state index in [0.717, 1.165) is 17.7 Å². The smallest absolute Gasteiger partial charge is 0.387 e. The number of carbonyl (C=O) groups excluding carboxylic acids is 1. The summed E-state index contributed by atoms with van der Waals surface area (Å²) in [5.41, 5.74) is 1.77. The van der Waals surface area contributed by atoms with Crippen LogP contribution in [0.25, 0.3) is 16.9 Å². The second-order valence-electron chi connectivity index (χ2n) is 7.67. The zero-order chi connectivity index (χ0) is 22.9. The molecule has 33 heavy (non-hydrogen) atoms. The highest BCUT2D eigenvalue weighted by atomic mass is 32.2. The fourth-order valence-corrected chi connectivity index (χ4v) is 4.89. The molecule has 5 rings (SSSR count). The Morgan fingerprint density at radius 2 is 2.18 bits per heavy atom. The molecule has 0 saturated heterocycles. The minimum Gasteiger partial charge on any atom is -0.434 e. The van der Waals surface area contributed by atoms with E-state index in [2.05, 4.69) is 20.5 Å². The number of benzene rings is 1. The predicted molar refractivity (Wildman–Crippen MR) is 120 cm³/mol. The van der Waals surface area contributed by atoms with Gasteiger partial charge in [-0.1, -0.05) is 6.42 Å². The lowest BCUT2D eigenvalue weighted by Crippen LogP contribution is -2.13. The molecule has 8 nitrogen and oxygen atoms in total. The molecule has 0 bridgehead atoms. The maximum Gasteiger partial charge on any atom is 0.387 e. The fraction of sp³-hybridized carbons (Fsp3) is 0.273. The molecule has 1 fully saturated rings. The lowest BCUT2D eigenvalue weighted by Gasteiger charge is -2.25. The molecule has 4 aromatic rings. The summed E-state index contributed by atoms with van der Waals surface area (Å²) in [4.78, 5) is 18.1. The zero-order valence-electron chi connectivity index (χ0n) is 17.6. The molecular formula is C22H20F2N6O2S. The van der Waals surface area contributed by atoms with Crippen molar-refractivity contribution >= 4 is 29.0 Å². The number of ether oxygens (including phenoxy) is 1. The van der Waals surface area contributed by atoms with E-state index < -0.39 is 12.5 Å². The van der Waals surface area contributed by atoms with Crippen molar-refractivity contribution in [2.45, 2.75) is 36.0 Å². The number of aromatic nitrogens is 5. The van der Waals surface area contributed by atoms with Crippen molar-refractivity contribution in [2.24, 2.45) is 7.05 Å². The number of nitrogens with zero attached hydrogens (tertiary/aromatic N) is 5. The maximum atomic E-state index is 13.1. The number of anilines is 1. The van der Waals surface area contributed by atoms with Crippen LogP contribution in [0, 0.1) is 0 Å². The van der Waals surface area contributed by atoms with Crippen molar-refractivity contribution in [2.75, 3.05) is 5.32 Å². The third-order valence-electron chi connectivity index (χ3n) is 5.38. The first-order chi connectivity index (χ1) is 16.0. The number of aryl methyl sites for hydroxylation is 1. The monoisotopic (exact) mass is 470 g/mol. The van der Waals surface area contributed by atoms with Gasteiger partial charge in [0, 0.05) is 41.3 Å².